The quantitative estimate of drug-likeness (QED) is 0.677. The summed E-state index contributed by atoms with van der Waals surface area (Å²) < 4.78 is 1.53. The Morgan fingerprint density at radius 2 is 2.00 bits per heavy atom. The van der Waals surface area contributed by atoms with Gasteiger partial charge in [-0.05, 0) is 19.4 Å². The van der Waals surface area contributed by atoms with Crippen LogP contribution in [0.5, 0.6) is 0 Å². The molecule has 1 fully saturated rings. The Balaban J connectivity index is 1.52. The van der Waals surface area contributed by atoms with Gasteiger partial charge in [0.2, 0.25) is 11.8 Å². The summed E-state index contributed by atoms with van der Waals surface area (Å²) in [5.41, 5.74) is 0.886. The number of aryl methyl sites for hydroxylation is 3. The van der Waals surface area contributed by atoms with E-state index in [4.69, 9.17) is 0 Å². The summed E-state index contributed by atoms with van der Waals surface area (Å²) in [6.45, 7) is 11.1. The molecule has 2 amide bonds. The van der Waals surface area contributed by atoms with Gasteiger partial charge in [-0.3, -0.25) is 23.9 Å². The molecule has 0 aliphatic carbocycles. The first kappa shape index (κ1) is 21.2. The fraction of sp³-hybridized carbons (Fsp3) is 0.500. The lowest BCUT2D eigenvalue weighted by atomic mass is 10.2. The molecule has 1 aliphatic rings. The number of rotatable bonds is 7. The van der Waals surface area contributed by atoms with Crippen LogP contribution in [-0.2, 0) is 16.1 Å². The Morgan fingerprint density at radius 1 is 1.28 bits per heavy atom. The Hall–Kier alpha value is -2.52. The Labute approximate surface area is 173 Å². The third-order valence-corrected chi connectivity index (χ3v) is 6.37. The van der Waals surface area contributed by atoms with Crippen LogP contribution in [0.4, 0.5) is 0 Å². The highest BCUT2D eigenvalue weighted by Gasteiger charge is 2.22. The molecule has 3 rings (SSSR count). The Bertz CT molecular complexity index is 972. The van der Waals surface area contributed by atoms with E-state index in [2.05, 4.69) is 16.9 Å². The van der Waals surface area contributed by atoms with E-state index in [0.29, 0.717) is 51.2 Å². The van der Waals surface area contributed by atoms with E-state index in [9.17, 15) is 14.4 Å². The van der Waals surface area contributed by atoms with Crippen LogP contribution in [0.15, 0.2) is 23.8 Å². The lowest BCUT2D eigenvalue weighted by molar-refractivity contribution is -0.133. The minimum atomic E-state index is -0.0833. The SMILES string of the molecule is C=CCNC(=O)CN1CCN(C(=O)CCn2cnc3sc(C)c(C)c3c2=O)CC1. The van der Waals surface area contributed by atoms with Crippen molar-refractivity contribution < 1.29 is 9.59 Å². The lowest BCUT2D eigenvalue weighted by Crippen LogP contribution is -2.51. The van der Waals surface area contributed by atoms with Crippen LogP contribution in [0.1, 0.15) is 16.9 Å². The summed E-state index contributed by atoms with van der Waals surface area (Å²) in [5, 5.41) is 3.42. The molecule has 2 aromatic rings. The average molecular weight is 418 g/mol. The summed E-state index contributed by atoms with van der Waals surface area (Å²) in [6.07, 6.45) is 3.44. The van der Waals surface area contributed by atoms with Crippen molar-refractivity contribution in [3.8, 4) is 0 Å². The van der Waals surface area contributed by atoms with Crippen molar-refractivity contribution in [3.05, 3.63) is 39.8 Å². The van der Waals surface area contributed by atoms with Gasteiger partial charge in [-0.2, -0.15) is 0 Å². The van der Waals surface area contributed by atoms with Gasteiger partial charge in [0, 0.05) is 50.6 Å². The fourth-order valence-electron chi connectivity index (χ4n) is 3.40. The number of carbonyl (C=O) groups excluding carboxylic acids is 2. The van der Waals surface area contributed by atoms with E-state index < -0.39 is 0 Å². The molecule has 0 aromatic carbocycles. The molecule has 1 aliphatic heterocycles. The maximum Gasteiger partial charge on any atom is 0.262 e. The third kappa shape index (κ3) is 4.91. The van der Waals surface area contributed by atoms with E-state index >= 15 is 0 Å². The van der Waals surface area contributed by atoms with Crippen LogP contribution in [0, 0.1) is 13.8 Å². The van der Waals surface area contributed by atoms with Crippen molar-refractivity contribution in [2.24, 2.45) is 0 Å². The third-order valence-electron chi connectivity index (χ3n) is 5.26. The van der Waals surface area contributed by atoms with Gasteiger partial charge in [0.05, 0.1) is 18.3 Å². The standard InChI is InChI=1S/C20H27N5O3S/c1-4-6-21-16(26)12-23-8-10-24(11-9-23)17(27)5-7-25-13-22-19-18(20(25)28)14(2)15(3)29-19/h4,13H,1,5-12H2,2-3H3,(H,21,26). The van der Waals surface area contributed by atoms with E-state index in [1.54, 1.807) is 11.0 Å². The molecule has 1 N–H and O–H groups in total. The average Bonchev–Trinajstić information content (AvgIpc) is 3.00. The number of aromatic nitrogens is 2. The molecule has 156 valence electrons. The summed E-state index contributed by atoms with van der Waals surface area (Å²) in [5.74, 6) is -0.0168. The number of thiophene rings is 1. The monoisotopic (exact) mass is 417 g/mol. The van der Waals surface area contributed by atoms with Crippen LogP contribution in [0.2, 0.25) is 0 Å². The predicted octanol–water partition coefficient (Wildman–Crippen LogP) is 0.911. The summed E-state index contributed by atoms with van der Waals surface area (Å²) in [6, 6.07) is 0. The highest BCUT2D eigenvalue weighted by molar-refractivity contribution is 7.18. The van der Waals surface area contributed by atoms with Crippen molar-refractivity contribution >= 4 is 33.4 Å². The summed E-state index contributed by atoms with van der Waals surface area (Å²) in [7, 11) is 0. The van der Waals surface area contributed by atoms with E-state index in [-0.39, 0.29) is 23.8 Å². The molecule has 2 aromatic heterocycles. The van der Waals surface area contributed by atoms with Crippen LogP contribution in [-0.4, -0.2) is 70.4 Å². The number of piperazine rings is 1. The van der Waals surface area contributed by atoms with Gasteiger partial charge >= 0.3 is 0 Å². The smallest absolute Gasteiger partial charge is 0.262 e. The number of carbonyl (C=O) groups is 2. The zero-order chi connectivity index (χ0) is 21.0. The topological polar surface area (TPSA) is 87.5 Å². The van der Waals surface area contributed by atoms with Crippen LogP contribution < -0.4 is 10.9 Å². The number of fused-ring (bicyclic) bond motifs is 1. The number of hydrogen-bond donors (Lipinski definition) is 1. The highest BCUT2D eigenvalue weighted by atomic mass is 32.1. The van der Waals surface area contributed by atoms with Crippen molar-refractivity contribution in [2.75, 3.05) is 39.3 Å². The second-order valence-electron chi connectivity index (χ2n) is 7.21. The van der Waals surface area contributed by atoms with E-state index in [0.717, 1.165) is 15.3 Å². The number of amides is 2. The van der Waals surface area contributed by atoms with Crippen molar-refractivity contribution in [3.63, 3.8) is 0 Å². The second kappa shape index (κ2) is 9.32. The number of nitrogens with one attached hydrogen (secondary N) is 1. The minimum Gasteiger partial charge on any atom is -0.352 e. The number of hydrogen-bond acceptors (Lipinski definition) is 6. The minimum absolute atomic E-state index is 0.0194. The molecular weight excluding hydrogens is 390 g/mol. The molecule has 0 atom stereocenters. The zero-order valence-electron chi connectivity index (χ0n) is 16.9. The molecule has 3 heterocycles. The maximum atomic E-state index is 12.7. The van der Waals surface area contributed by atoms with Crippen LogP contribution in [0.3, 0.4) is 0 Å². The molecule has 0 spiro atoms. The van der Waals surface area contributed by atoms with Crippen molar-refractivity contribution in [1.82, 2.24) is 24.7 Å². The summed E-state index contributed by atoms with van der Waals surface area (Å²) >= 11 is 1.52. The van der Waals surface area contributed by atoms with Gasteiger partial charge in [-0.15, -0.1) is 17.9 Å². The van der Waals surface area contributed by atoms with Gasteiger partial charge in [-0.25, -0.2) is 4.98 Å². The normalized spacial score (nSPS) is 14.9. The Morgan fingerprint density at radius 3 is 2.69 bits per heavy atom. The van der Waals surface area contributed by atoms with Gasteiger partial charge < -0.3 is 10.2 Å². The molecule has 1 saturated heterocycles. The first-order valence-electron chi connectivity index (χ1n) is 9.73. The molecule has 29 heavy (non-hydrogen) atoms. The molecule has 0 radical (unpaired) electrons. The number of nitrogens with zero attached hydrogens (tertiary/aromatic N) is 4. The van der Waals surface area contributed by atoms with Crippen LogP contribution in [0.25, 0.3) is 10.2 Å². The molecule has 9 heteroatoms. The maximum absolute atomic E-state index is 12.7. The first-order valence-corrected chi connectivity index (χ1v) is 10.5. The Kier molecular flexibility index (Phi) is 6.81. The van der Waals surface area contributed by atoms with E-state index in [1.165, 1.54) is 22.2 Å². The second-order valence-corrected chi connectivity index (χ2v) is 8.41. The first-order chi connectivity index (χ1) is 13.9. The van der Waals surface area contributed by atoms with Gasteiger partial charge in [-0.1, -0.05) is 6.08 Å². The highest BCUT2D eigenvalue weighted by Crippen LogP contribution is 2.25. The van der Waals surface area contributed by atoms with Gasteiger partial charge in [0.1, 0.15) is 4.83 Å². The van der Waals surface area contributed by atoms with Gasteiger partial charge in [0.15, 0.2) is 0 Å². The van der Waals surface area contributed by atoms with Crippen LogP contribution >= 0.6 is 11.3 Å². The fourth-order valence-corrected chi connectivity index (χ4v) is 4.39. The lowest BCUT2D eigenvalue weighted by Gasteiger charge is -2.34. The largest absolute Gasteiger partial charge is 0.352 e. The van der Waals surface area contributed by atoms with Gasteiger partial charge in [0.25, 0.3) is 5.56 Å². The molecule has 0 saturated carbocycles. The molecular formula is C20H27N5O3S. The molecule has 0 unspecified atom stereocenters. The predicted molar refractivity (Wildman–Crippen MR) is 114 cm³/mol. The van der Waals surface area contributed by atoms with Crippen molar-refractivity contribution in [1.29, 1.82) is 0 Å². The summed E-state index contributed by atoms with van der Waals surface area (Å²) in [4.78, 5) is 47.1. The van der Waals surface area contributed by atoms with E-state index in [1.807, 2.05) is 18.7 Å². The molecule has 0 bridgehead atoms. The zero-order valence-corrected chi connectivity index (χ0v) is 17.8. The molecule has 8 nitrogen and oxygen atoms in total. The van der Waals surface area contributed by atoms with Crippen molar-refractivity contribution in [2.45, 2.75) is 26.8 Å².